The lowest BCUT2D eigenvalue weighted by Crippen LogP contribution is -2.19. The molecule has 0 atom stereocenters. The smallest absolute Gasteiger partial charge is 0.273 e. The Hall–Kier alpha value is -2.13. The maximum Gasteiger partial charge on any atom is 0.273 e. The van der Waals surface area contributed by atoms with Crippen LogP contribution >= 0.6 is 0 Å². The molecule has 0 spiro atoms. The summed E-state index contributed by atoms with van der Waals surface area (Å²) in [4.78, 5) is 11.7. The van der Waals surface area contributed by atoms with Gasteiger partial charge in [0.1, 0.15) is 10.6 Å². The number of nitrogens with zero attached hydrogens (tertiary/aromatic N) is 3. The Morgan fingerprint density at radius 2 is 2.11 bits per heavy atom. The van der Waals surface area contributed by atoms with Crippen LogP contribution in [-0.4, -0.2) is 28.7 Å². The number of primary sulfonamides is 1. The standard InChI is InChI=1S/C10H13N5O3S/c1-14-5-3-4-7(14)10(16)12-9-8(19(11,17)18)6-15(2)13-9/h3-6H,1-2H3,(H2,11,17,18)(H,12,13,16). The third kappa shape index (κ3) is 2.66. The van der Waals surface area contributed by atoms with E-state index in [1.807, 2.05) is 0 Å². The number of carbonyl (C=O) groups excluding carboxylic acids is 1. The molecule has 2 rings (SSSR count). The van der Waals surface area contributed by atoms with Crippen molar-refractivity contribution < 1.29 is 13.2 Å². The van der Waals surface area contributed by atoms with Crippen molar-refractivity contribution in [2.75, 3.05) is 5.32 Å². The molecule has 0 aliphatic rings. The minimum Gasteiger partial charge on any atom is -0.347 e. The van der Waals surface area contributed by atoms with Crippen molar-refractivity contribution in [2.24, 2.45) is 19.2 Å². The Balaban J connectivity index is 2.35. The molecule has 1 amide bonds. The molecule has 0 saturated heterocycles. The van der Waals surface area contributed by atoms with Crippen LogP contribution in [-0.2, 0) is 24.1 Å². The van der Waals surface area contributed by atoms with Gasteiger partial charge in [0.2, 0.25) is 10.0 Å². The van der Waals surface area contributed by atoms with E-state index in [9.17, 15) is 13.2 Å². The molecule has 3 N–H and O–H groups in total. The number of nitrogens with one attached hydrogen (secondary N) is 1. The molecule has 2 aromatic heterocycles. The Morgan fingerprint density at radius 1 is 1.42 bits per heavy atom. The summed E-state index contributed by atoms with van der Waals surface area (Å²) in [6.45, 7) is 0. The van der Waals surface area contributed by atoms with E-state index in [2.05, 4.69) is 10.4 Å². The van der Waals surface area contributed by atoms with Crippen LogP contribution in [0.3, 0.4) is 0 Å². The topological polar surface area (TPSA) is 112 Å². The summed E-state index contributed by atoms with van der Waals surface area (Å²) in [5.41, 5.74) is 0.381. The molecule has 0 radical (unpaired) electrons. The fourth-order valence-electron chi connectivity index (χ4n) is 1.63. The normalized spacial score (nSPS) is 11.5. The molecule has 0 bridgehead atoms. The molecule has 0 aliphatic heterocycles. The molecule has 102 valence electrons. The fourth-order valence-corrected chi connectivity index (χ4v) is 2.29. The molecular weight excluding hydrogens is 270 g/mol. The molecule has 9 heteroatoms. The van der Waals surface area contributed by atoms with Crippen LogP contribution in [0, 0.1) is 0 Å². The van der Waals surface area contributed by atoms with E-state index >= 15 is 0 Å². The summed E-state index contributed by atoms with van der Waals surface area (Å²) >= 11 is 0. The van der Waals surface area contributed by atoms with E-state index < -0.39 is 15.9 Å². The van der Waals surface area contributed by atoms with Gasteiger partial charge in [-0.2, -0.15) is 5.10 Å². The van der Waals surface area contributed by atoms with E-state index in [-0.39, 0.29) is 10.7 Å². The van der Waals surface area contributed by atoms with Crippen LogP contribution in [0.4, 0.5) is 5.82 Å². The Bertz CT molecular complexity index is 728. The van der Waals surface area contributed by atoms with Crippen LogP contribution in [0.2, 0.25) is 0 Å². The van der Waals surface area contributed by atoms with E-state index in [0.717, 1.165) is 0 Å². The molecule has 8 nitrogen and oxygen atoms in total. The predicted octanol–water partition coefficient (Wildman–Crippen LogP) is -0.342. The molecule has 0 unspecified atom stereocenters. The Labute approximate surface area is 109 Å². The number of carbonyl (C=O) groups is 1. The molecule has 0 fully saturated rings. The first-order valence-corrected chi connectivity index (χ1v) is 6.83. The average Bonchev–Trinajstić information content (AvgIpc) is 2.84. The van der Waals surface area contributed by atoms with Crippen molar-refractivity contribution in [3.05, 3.63) is 30.2 Å². The minimum absolute atomic E-state index is 0.0869. The molecule has 2 heterocycles. The Kier molecular flexibility index (Phi) is 3.16. The summed E-state index contributed by atoms with van der Waals surface area (Å²) < 4.78 is 25.6. The second-order valence-electron chi connectivity index (χ2n) is 4.02. The highest BCUT2D eigenvalue weighted by Crippen LogP contribution is 2.18. The molecule has 0 saturated carbocycles. The van der Waals surface area contributed by atoms with Crippen LogP contribution in [0.5, 0.6) is 0 Å². The number of nitrogens with two attached hydrogens (primary N) is 1. The third-order valence-corrected chi connectivity index (χ3v) is 3.42. The first kappa shape index (κ1) is 13.3. The van der Waals surface area contributed by atoms with E-state index in [4.69, 9.17) is 5.14 Å². The van der Waals surface area contributed by atoms with Gasteiger partial charge in [-0.15, -0.1) is 0 Å². The van der Waals surface area contributed by atoms with Gasteiger partial charge >= 0.3 is 0 Å². The SMILES string of the molecule is Cn1cc(S(N)(=O)=O)c(NC(=O)c2cccn2C)n1. The lowest BCUT2D eigenvalue weighted by Gasteiger charge is -2.04. The summed E-state index contributed by atoms with van der Waals surface area (Å²) in [6, 6.07) is 3.31. The van der Waals surface area contributed by atoms with Crippen molar-refractivity contribution in [1.29, 1.82) is 0 Å². The zero-order valence-corrected chi connectivity index (χ0v) is 11.2. The van der Waals surface area contributed by atoms with Gasteiger partial charge in [0.15, 0.2) is 5.82 Å². The van der Waals surface area contributed by atoms with Crippen molar-refractivity contribution in [1.82, 2.24) is 14.3 Å². The number of aryl methyl sites for hydroxylation is 2. The number of hydrogen-bond acceptors (Lipinski definition) is 4. The van der Waals surface area contributed by atoms with Gasteiger partial charge in [-0.1, -0.05) is 0 Å². The summed E-state index contributed by atoms with van der Waals surface area (Å²) in [5.74, 6) is -0.549. The number of anilines is 1. The summed E-state index contributed by atoms with van der Waals surface area (Å²) in [6.07, 6.45) is 2.93. The van der Waals surface area contributed by atoms with Gasteiger partial charge in [-0.05, 0) is 12.1 Å². The third-order valence-electron chi connectivity index (χ3n) is 2.51. The van der Waals surface area contributed by atoms with Crippen molar-refractivity contribution >= 4 is 21.7 Å². The first-order chi connectivity index (χ1) is 8.79. The van der Waals surface area contributed by atoms with Crippen molar-refractivity contribution in [2.45, 2.75) is 4.90 Å². The largest absolute Gasteiger partial charge is 0.347 e. The highest BCUT2D eigenvalue weighted by atomic mass is 32.2. The summed E-state index contributed by atoms with van der Waals surface area (Å²) in [5, 5.41) is 11.4. The second kappa shape index (κ2) is 4.52. The number of sulfonamides is 1. The number of amides is 1. The van der Waals surface area contributed by atoms with Crippen LogP contribution in [0.15, 0.2) is 29.4 Å². The maximum absolute atomic E-state index is 12.0. The van der Waals surface area contributed by atoms with Crippen molar-refractivity contribution in [3.8, 4) is 0 Å². The maximum atomic E-state index is 12.0. The minimum atomic E-state index is -3.94. The van der Waals surface area contributed by atoms with Crippen LogP contribution in [0.1, 0.15) is 10.5 Å². The van der Waals surface area contributed by atoms with Gasteiger partial charge in [0.25, 0.3) is 5.91 Å². The monoisotopic (exact) mass is 283 g/mol. The van der Waals surface area contributed by atoms with Gasteiger partial charge in [0, 0.05) is 26.5 Å². The van der Waals surface area contributed by atoms with E-state index in [1.54, 1.807) is 29.9 Å². The van der Waals surface area contributed by atoms with Gasteiger partial charge in [-0.25, -0.2) is 13.6 Å². The zero-order chi connectivity index (χ0) is 14.2. The van der Waals surface area contributed by atoms with E-state index in [1.165, 1.54) is 17.9 Å². The predicted molar refractivity (Wildman–Crippen MR) is 67.9 cm³/mol. The second-order valence-corrected chi connectivity index (χ2v) is 5.55. The molecule has 19 heavy (non-hydrogen) atoms. The molecule has 0 aliphatic carbocycles. The van der Waals surface area contributed by atoms with Crippen molar-refractivity contribution in [3.63, 3.8) is 0 Å². The number of hydrogen-bond donors (Lipinski definition) is 2. The Morgan fingerprint density at radius 3 is 2.63 bits per heavy atom. The van der Waals surface area contributed by atoms with Gasteiger partial charge in [-0.3, -0.25) is 9.48 Å². The number of aromatic nitrogens is 3. The molecular formula is C10H13N5O3S. The van der Waals surface area contributed by atoms with Crippen LogP contribution in [0.25, 0.3) is 0 Å². The average molecular weight is 283 g/mol. The highest BCUT2D eigenvalue weighted by Gasteiger charge is 2.21. The lowest BCUT2D eigenvalue weighted by atomic mass is 10.4. The highest BCUT2D eigenvalue weighted by molar-refractivity contribution is 7.89. The molecule has 0 aromatic carbocycles. The van der Waals surface area contributed by atoms with Crippen LogP contribution < -0.4 is 10.5 Å². The number of rotatable bonds is 3. The first-order valence-electron chi connectivity index (χ1n) is 5.28. The zero-order valence-electron chi connectivity index (χ0n) is 10.4. The molecule has 2 aromatic rings. The van der Waals surface area contributed by atoms with Gasteiger partial charge in [0.05, 0.1) is 0 Å². The van der Waals surface area contributed by atoms with Gasteiger partial charge < -0.3 is 9.88 Å². The lowest BCUT2D eigenvalue weighted by molar-refractivity contribution is 0.101. The quantitative estimate of drug-likeness (QED) is 0.802. The van der Waals surface area contributed by atoms with E-state index in [0.29, 0.717) is 5.69 Å². The fraction of sp³-hybridized carbons (Fsp3) is 0.200. The summed E-state index contributed by atoms with van der Waals surface area (Å²) in [7, 11) is -0.705.